The topological polar surface area (TPSA) is 92.5 Å². The molecule has 8 heteroatoms. The van der Waals surface area contributed by atoms with Crippen molar-refractivity contribution in [2.75, 3.05) is 19.3 Å². The second-order valence-corrected chi connectivity index (χ2v) is 6.82. The van der Waals surface area contributed by atoms with Gasteiger partial charge in [-0.25, -0.2) is 12.8 Å². The lowest BCUT2D eigenvalue weighted by molar-refractivity contribution is -0.125. The van der Waals surface area contributed by atoms with Crippen LogP contribution in [0, 0.1) is 5.82 Å². The van der Waals surface area contributed by atoms with Crippen molar-refractivity contribution in [2.24, 2.45) is 0 Å². The van der Waals surface area contributed by atoms with Crippen molar-refractivity contribution in [2.45, 2.75) is 30.2 Å². The summed E-state index contributed by atoms with van der Waals surface area (Å²) in [5.74, 6) is -1.14. The number of carbonyl (C=O) groups excluding carboxylic acids is 1. The monoisotopic (exact) mass is 315 g/mol. The number of nitrogens with zero attached hydrogens (tertiary/aromatic N) is 1. The number of anilines is 1. The van der Waals surface area contributed by atoms with Crippen LogP contribution in [0.3, 0.4) is 0 Å². The Morgan fingerprint density at radius 2 is 2.14 bits per heavy atom. The van der Waals surface area contributed by atoms with Crippen LogP contribution in [0.15, 0.2) is 23.1 Å². The largest absolute Gasteiger partial charge is 0.396 e. The number of amides is 1. The van der Waals surface area contributed by atoms with E-state index in [-0.39, 0.29) is 23.0 Å². The molecule has 0 aromatic heterocycles. The normalized spacial score (nSPS) is 20.2. The van der Waals surface area contributed by atoms with E-state index in [4.69, 9.17) is 5.73 Å². The van der Waals surface area contributed by atoms with Crippen LogP contribution in [-0.2, 0) is 14.8 Å². The summed E-state index contributed by atoms with van der Waals surface area (Å²) < 4.78 is 39.9. The average molecular weight is 315 g/mol. The number of rotatable bonds is 3. The maximum Gasteiger partial charge on any atom is 0.243 e. The molecule has 2 rings (SSSR count). The van der Waals surface area contributed by atoms with Crippen molar-refractivity contribution in [3.8, 4) is 0 Å². The van der Waals surface area contributed by atoms with Gasteiger partial charge in [0.05, 0.1) is 10.6 Å². The number of likely N-dealkylation sites (N-methyl/N-ethyl adjacent to an activating group) is 1. The molecule has 1 aromatic rings. The Bertz CT molecular complexity index is 648. The van der Waals surface area contributed by atoms with E-state index in [1.165, 1.54) is 19.2 Å². The van der Waals surface area contributed by atoms with E-state index in [0.29, 0.717) is 12.8 Å². The van der Waals surface area contributed by atoms with E-state index < -0.39 is 21.9 Å². The number of benzene rings is 1. The van der Waals surface area contributed by atoms with E-state index in [1.807, 2.05) is 0 Å². The van der Waals surface area contributed by atoms with Crippen LogP contribution in [0.5, 0.6) is 0 Å². The molecule has 1 aliphatic rings. The van der Waals surface area contributed by atoms with Gasteiger partial charge in [0.25, 0.3) is 0 Å². The molecule has 0 bridgehead atoms. The third kappa shape index (κ3) is 3.01. The van der Waals surface area contributed by atoms with Crippen LogP contribution in [-0.4, -0.2) is 38.3 Å². The molecule has 1 atom stereocenters. The highest BCUT2D eigenvalue weighted by Gasteiger charge is 2.37. The predicted octanol–water partition coefficient (Wildman–Crippen LogP) is 0.697. The maximum atomic E-state index is 13.5. The van der Waals surface area contributed by atoms with Crippen LogP contribution in [0.1, 0.15) is 19.3 Å². The Hall–Kier alpha value is -1.67. The fourth-order valence-corrected chi connectivity index (χ4v) is 4.09. The second kappa shape index (κ2) is 5.98. The summed E-state index contributed by atoms with van der Waals surface area (Å²) in [7, 11) is -2.47. The highest BCUT2D eigenvalue weighted by atomic mass is 32.2. The van der Waals surface area contributed by atoms with Gasteiger partial charge in [-0.3, -0.25) is 4.79 Å². The van der Waals surface area contributed by atoms with Crippen LogP contribution >= 0.6 is 0 Å². The molecule has 1 heterocycles. The first-order valence-corrected chi connectivity index (χ1v) is 8.10. The number of piperidine rings is 1. The minimum Gasteiger partial charge on any atom is -0.396 e. The molecule has 21 heavy (non-hydrogen) atoms. The van der Waals surface area contributed by atoms with Gasteiger partial charge in [0.15, 0.2) is 0 Å². The molecule has 0 aliphatic carbocycles. The molecule has 1 fully saturated rings. The molecule has 3 N–H and O–H groups in total. The molecule has 0 radical (unpaired) electrons. The highest BCUT2D eigenvalue weighted by molar-refractivity contribution is 7.89. The SMILES string of the molecule is CNC(=O)C1CCCCN1S(=O)(=O)c1ccc(N)c(F)c1. The summed E-state index contributed by atoms with van der Waals surface area (Å²) in [6.07, 6.45) is 1.90. The van der Waals surface area contributed by atoms with Crippen molar-refractivity contribution in [1.82, 2.24) is 9.62 Å². The molecule has 1 aliphatic heterocycles. The number of hydrogen-bond acceptors (Lipinski definition) is 4. The van der Waals surface area contributed by atoms with Crippen molar-refractivity contribution < 1.29 is 17.6 Å². The summed E-state index contributed by atoms with van der Waals surface area (Å²) in [6, 6.07) is 2.60. The molecule has 0 spiro atoms. The number of sulfonamides is 1. The van der Waals surface area contributed by atoms with Crippen molar-refractivity contribution in [1.29, 1.82) is 0 Å². The smallest absolute Gasteiger partial charge is 0.243 e. The zero-order valence-corrected chi connectivity index (χ0v) is 12.5. The fraction of sp³-hybridized carbons (Fsp3) is 0.462. The number of nitrogens with one attached hydrogen (secondary N) is 1. The highest BCUT2D eigenvalue weighted by Crippen LogP contribution is 2.26. The standard InChI is InChI=1S/C13H18FN3O3S/c1-16-13(18)12-4-2-3-7-17(12)21(19,20)9-5-6-11(15)10(14)8-9/h5-6,8,12H,2-4,7,15H2,1H3,(H,16,18). The minimum absolute atomic E-state index is 0.115. The molecular weight excluding hydrogens is 297 g/mol. The van der Waals surface area contributed by atoms with E-state index >= 15 is 0 Å². The minimum atomic E-state index is -3.93. The lowest BCUT2D eigenvalue weighted by atomic mass is 10.0. The Kier molecular flexibility index (Phi) is 4.48. The summed E-state index contributed by atoms with van der Waals surface area (Å²) in [5, 5.41) is 2.47. The molecular formula is C13H18FN3O3S. The zero-order chi connectivity index (χ0) is 15.6. The van der Waals surface area contributed by atoms with Gasteiger partial charge in [-0.2, -0.15) is 4.31 Å². The number of hydrogen-bond donors (Lipinski definition) is 2. The van der Waals surface area contributed by atoms with Gasteiger partial charge in [0, 0.05) is 13.6 Å². The molecule has 1 amide bonds. The molecule has 6 nitrogen and oxygen atoms in total. The molecule has 1 unspecified atom stereocenters. The van der Waals surface area contributed by atoms with E-state index in [9.17, 15) is 17.6 Å². The zero-order valence-electron chi connectivity index (χ0n) is 11.7. The third-order valence-electron chi connectivity index (χ3n) is 3.58. The van der Waals surface area contributed by atoms with E-state index in [1.54, 1.807) is 0 Å². The van der Waals surface area contributed by atoms with Crippen molar-refractivity contribution in [3.05, 3.63) is 24.0 Å². The van der Waals surface area contributed by atoms with Crippen LogP contribution in [0.25, 0.3) is 0 Å². The first-order chi connectivity index (χ1) is 9.87. The van der Waals surface area contributed by atoms with E-state index in [2.05, 4.69) is 5.32 Å². The summed E-state index contributed by atoms with van der Waals surface area (Å²) in [5.41, 5.74) is 5.24. The van der Waals surface area contributed by atoms with Crippen LogP contribution in [0.2, 0.25) is 0 Å². The Labute approximate surface area is 123 Å². The number of nitrogen functional groups attached to an aromatic ring is 1. The molecule has 1 aromatic carbocycles. The summed E-state index contributed by atoms with van der Waals surface area (Å²) in [6.45, 7) is 0.242. The van der Waals surface area contributed by atoms with Gasteiger partial charge >= 0.3 is 0 Å². The first kappa shape index (κ1) is 15.7. The lowest BCUT2D eigenvalue weighted by Crippen LogP contribution is -2.51. The van der Waals surface area contributed by atoms with Gasteiger partial charge in [-0.15, -0.1) is 0 Å². The predicted molar refractivity (Wildman–Crippen MR) is 76.4 cm³/mol. The summed E-state index contributed by atoms with van der Waals surface area (Å²) in [4.78, 5) is 11.7. The number of carbonyl (C=O) groups is 1. The molecule has 0 saturated carbocycles. The van der Waals surface area contributed by atoms with Gasteiger partial charge in [-0.1, -0.05) is 6.42 Å². The Morgan fingerprint density at radius 1 is 1.43 bits per heavy atom. The molecule has 1 saturated heterocycles. The second-order valence-electron chi connectivity index (χ2n) is 4.92. The number of halogens is 1. The number of nitrogens with two attached hydrogens (primary N) is 1. The third-order valence-corrected chi connectivity index (χ3v) is 5.49. The first-order valence-electron chi connectivity index (χ1n) is 6.66. The van der Waals surface area contributed by atoms with Crippen molar-refractivity contribution in [3.63, 3.8) is 0 Å². The Morgan fingerprint density at radius 3 is 2.76 bits per heavy atom. The summed E-state index contributed by atoms with van der Waals surface area (Å²) >= 11 is 0. The van der Waals surface area contributed by atoms with E-state index in [0.717, 1.165) is 16.8 Å². The quantitative estimate of drug-likeness (QED) is 0.803. The molecule has 116 valence electrons. The van der Waals surface area contributed by atoms with Gasteiger partial charge in [0.2, 0.25) is 15.9 Å². The maximum absolute atomic E-state index is 13.5. The van der Waals surface area contributed by atoms with Gasteiger partial charge in [-0.05, 0) is 31.0 Å². The average Bonchev–Trinajstić information content (AvgIpc) is 2.49. The van der Waals surface area contributed by atoms with Crippen molar-refractivity contribution >= 4 is 21.6 Å². The Balaban J connectivity index is 2.40. The van der Waals surface area contributed by atoms with Gasteiger partial charge in [0.1, 0.15) is 11.9 Å². The fourth-order valence-electron chi connectivity index (χ4n) is 2.43. The lowest BCUT2D eigenvalue weighted by Gasteiger charge is -2.33. The van der Waals surface area contributed by atoms with Crippen LogP contribution < -0.4 is 11.1 Å². The van der Waals surface area contributed by atoms with Gasteiger partial charge < -0.3 is 11.1 Å². The van der Waals surface area contributed by atoms with Crippen LogP contribution in [0.4, 0.5) is 10.1 Å².